The van der Waals surface area contributed by atoms with Gasteiger partial charge in [-0.15, -0.1) is 0 Å². The van der Waals surface area contributed by atoms with Gasteiger partial charge in [-0.3, -0.25) is 4.79 Å². The van der Waals surface area contributed by atoms with Gasteiger partial charge in [-0.05, 0) is 19.9 Å². The Morgan fingerprint density at radius 3 is 2.84 bits per heavy atom. The smallest absolute Gasteiger partial charge is 0.325 e. The van der Waals surface area contributed by atoms with Gasteiger partial charge in [0.25, 0.3) is 0 Å². The van der Waals surface area contributed by atoms with Gasteiger partial charge >= 0.3 is 5.97 Å². The summed E-state index contributed by atoms with van der Waals surface area (Å²) in [5, 5.41) is 11.0. The molecule has 19 heavy (non-hydrogen) atoms. The normalized spacial score (nSPS) is 14.3. The van der Waals surface area contributed by atoms with Crippen LogP contribution < -0.4 is 5.73 Å². The molecular formula is C14H17NO4. The number of ether oxygens (including phenoxy) is 1. The number of aryl methyl sites for hydroxylation is 1. The Kier molecular flexibility index (Phi) is 3.87. The first-order valence-corrected chi connectivity index (χ1v) is 6.14. The molecule has 0 aliphatic heterocycles. The number of nitrogens with two attached hydrogens (primary N) is 1. The lowest BCUT2D eigenvalue weighted by Crippen LogP contribution is -2.38. The van der Waals surface area contributed by atoms with Crippen molar-refractivity contribution >= 4 is 16.9 Å². The van der Waals surface area contributed by atoms with Crippen LogP contribution in [0.3, 0.4) is 0 Å². The van der Waals surface area contributed by atoms with Gasteiger partial charge in [0, 0.05) is 10.9 Å². The number of aliphatic hydroxyl groups excluding tert-OH is 1. The van der Waals surface area contributed by atoms with E-state index in [1.807, 2.05) is 18.2 Å². The van der Waals surface area contributed by atoms with Gasteiger partial charge in [0.05, 0.1) is 6.61 Å². The molecule has 102 valence electrons. The van der Waals surface area contributed by atoms with Crippen molar-refractivity contribution in [2.45, 2.75) is 26.0 Å². The van der Waals surface area contributed by atoms with E-state index in [-0.39, 0.29) is 6.61 Å². The van der Waals surface area contributed by atoms with Crippen LogP contribution in [0.15, 0.2) is 28.7 Å². The van der Waals surface area contributed by atoms with E-state index in [0.717, 1.165) is 5.39 Å². The summed E-state index contributed by atoms with van der Waals surface area (Å²) in [4.78, 5) is 11.6. The predicted octanol–water partition coefficient (Wildman–Crippen LogP) is 1.67. The second-order valence-corrected chi connectivity index (χ2v) is 4.29. The summed E-state index contributed by atoms with van der Waals surface area (Å²) in [6.07, 6.45) is -1.15. The fourth-order valence-corrected chi connectivity index (χ4v) is 2.10. The average molecular weight is 263 g/mol. The summed E-state index contributed by atoms with van der Waals surface area (Å²) in [6, 6.07) is 6.17. The van der Waals surface area contributed by atoms with Gasteiger partial charge in [-0.2, -0.15) is 0 Å². The fraction of sp³-hybridized carbons (Fsp3) is 0.357. The molecule has 0 bridgehead atoms. The number of fused-ring (bicyclic) bond motifs is 1. The van der Waals surface area contributed by atoms with Crippen LogP contribution in [0.2, 0.25) is 0 Å². The third kappa shape index (κ3) is 2.47. The maximum Gasteiger partial charge on any atom is 0.325 e. The molecule has 5 heteroatoms. The molecule has 1 heterocycles. The Hall–Kier alpha value is -1.85. The second-order valence-electron chi connectivity index (χ2n) is 4.29. The molecule has 2 unspecified atom stereocenters. The number of aliphatic hydroxyl groups is 1. The van der Waals surface area contributed by atoms with Crippen molar-refractivity contribution in [2.75, 3.05) is 6.61 Å². The van der Waals surface area contributed by atoms with E-state index >= 15 is 0 Å². The number of furan rings is 1. The van der Waals surface area contributed by atoms with Crippen molar-refractivity contribution in [3.05, 3.63) is 35.6 Å². The van der Waals surface area contributed by atoms with Crippen molar-refractivity contribution in [2.24, 2.45) is 5.73 Å². The lowest BCUT2D eigenvalue weighted by Gasteiger charge is -2.17. The molecule has 5 nitrogen and oxygen atoms in total. The molecule has 0 radical (unpaired) electrons. The lowest BCUT2D eigenvalue weighted by molar-refractivity contribution is -0.147. The first-order chi connectivity index (χ1) is 9.06. The minimum absolute atomic E-state index is 0.227. The number of para-hydroxylation sites is 1. The molecule has 0 fully saturated rings. The molecule has 3 N–H and O–H groups in total. The third-order valence-corrected chi connectivity index (χ3v) is 3.01. The highest BCUT2D eigenvalue weighted by molar-refractivity contribution is 5.84. The topological polar surface area (TPSA) is 85.7 Å². The summed E-state index contributed by atoms with van der Waals surface area (Å²) in [6.45, 7) is 3.65. The highest BCUT2D eigenvalue weighted by Gasteiger charge is 2.29. The SMILES string of the molecule is CCOC(=O)C(N)C(O)c1c(C)oc2ccccc12. The van der Waals surface area contributed by atoms with Gasteiger partial charge in [-0.1, -0.05) is 18.2 Å². The molecule has 0 saturated heterocycles. The molecule has 2 atom stereocenters. The number of carbonyl (C=O) groups is 1. The molecule has 1 aromatic carbocycles. The zero-order valence-electron chi connectivity index (χ0n) is 10.9. The molecule has 1 aromatic heterocycles. The van der Waals surface area contributed by atoms with Crippen LogP contribution >= 0.6 is 0 Å². The summed E-state index contributed by atoms with van der Waals surface area (Å²) in [5.74, 6) is -0.0758. The van der Waals surface area contributed by atoms with Crippen molar-refractivity contribution in [1.29, 1.82) is 0 Å². The van der Waals surface area contributed by atoms with E-state index in [1.54, 1.807) is 19.9 Å². The van der Waals surface area contributed by atoms with Crippen molar-refractivity contribution < 1.29 is 19.1 Å². The third-order valence-electron chi connectivity index (χ3n) is 3.01. The van der Waals surface area contributed by atoms with Crippen molar-refractivity contribution in [3.63, 3.8) is 0 Å². The van der Waals surface area contributed by atoms with Gasteiger partial charge in [0.1, 0.15) is 23.5 Å². The molecule has 0 aliphatic rings. The lowest BCUT2D eigenvalue weighted by atomic mass is 10.00. The summed E-state index contributed by atoms with van der Waals surface area (Å²) >= 11 is 0. The number of benzene rings is 1. The quantitative estimate of drug-likeness (QED) is 0.819. The second kappa shape index (κ2) is 5.42. The Morgan fingerprint density at radius 2 is 2.16 bits per heavy atom. The first kappa shape index (κ1) is 13.6. The maximum atomic E-state index is 11.6. The predicted molar refractivity (Wildman–Crippen MR) is 70.5 cm³/mol. The molecule has 0 aliphatic carbocycles. The number of hydrogen-bond donors (Lipinski definition) is 2. The van der Waals surface area contributed by atoms with E-state index in [0.29, 0.717) is 16.9 Å². The van der Waals surface area contributed by atoms with Crippen molar-refractivity contribution in [3.8, 4) is 0 Å². The average Bonchev–Trinajstić information content (AvgIpc) is 2.73. The van der Waals surface area contributed by atoms with E-state index in [1.165, 1.54) is 0 Å². The van der Waals surface area contributed by atoms with E-state index < -0.39 is 18.1 Å². The number of rotatable bonds is 4. The summed E-state index contributed by atoms with van der Waals surface area (Å²) in [5.41, 5.74) is 6.93. The monoisotopic (exact) mass is 263 g/mol. The summed E-state index contributed by atoms with van der Waals surface area (Å²) in [7, 11) is 0. The largest absolute Gasteiger partial charge is 0.465 e. The van der Waals surface area contributed by atoms with Gasteiger partial charge < -0.3 is 20.0 Å². The van der Waals surface area contributed by atoms with Gasteiger partial charge in [0.15, 0.2) is 0 Å². The molecule has 0 amide bonds. The highest BCUT2D eigenvalue weighted by atomic mass is 16.5. The summed E-state index contributed by atoms with van der Waals surface area (Å²) < 4.78 is 10.4. The van der Waals surface area contributed by atoms with Crippen LogP contribution in [0.1, 0.15) is 24.4 Å². The first-order valence-electron chi connectivity index (χ1n) is 6.14. The Balaban J connectivity index is 2.38. The Labute approximate surface area is 111 Å². The minimum Gasteiger partial charge on any atom is -0.465 e. The van der Waals surface area contributed by atoms with Crippen LogP contribution in [0.4, 0.5) is 0 Å². The van der Waals surface area contributed by atoms with Crippen LogP contribution in [0, 0.1) is 6.92 Å². The van der Waals surface area contributed by atoms with Crippen LogP contribution in [-0.4, -0.2) is 23.7 Å². The number of hydrogen-bond acceptors (Lipinski definition) is 5. The molecule has 0 saturated carbocycles. The van der Waals surface area contributed by atoms with Crippen molar-refractivity contribution in [1.82, 2.24) is 0 Å². The highest BCUT2D eigenvalue weighted by Crippen LogP contribution is 2.31. The van der Waals surface area contributed by atoms with E-state index in [2.05, 4.69) is 0 Å². The maximum absolute atomic E-state index is 11.6. The van der Waals surface area contributed by atoms with Crippen LogP contribution in [0.5, 0.6) is 0 Å². The molecule has 0 spiro atoms. The number of carbonyl (C=O) groups excluding carboxylic acids is 1. The fourth-order valence-electron chi connectivity index (χ4n) is 2.10. The standard InChI is InChI=1S/C14H17NO4/c1-3-18-14(17)12(15)13(16)11-8(2)19-10-7-5-4-6-9(10)11/h4-7,12-13,16H,3,15H2,1-2H3. The zero-order chi connectivity index (χ0) is 14.0. The Morgan fingerprint density at radius 1 is 1.47 bits per heavy atom. The number of esters is 1. The molecular weight excluding hydrogens is 246 g/mol. The van der Waals surface area contributed by atoms with E-state index in [9.17, 15) is 9.90 Å². The van der Waals surface area contributed by atoms with Crippen LogP contribution in [-0.2, 0) is 9.53 Å². The van der Waals surface area contributed by atoms with Crippen LogP contribution in [0.25, 0.3) is 11.0 Å². The molecule has 2 rings (SSSR count). The van der Waals surface area contributed by atoms with Gasteiger partial charge in [-0.25, -0.2) is 0 Å². The van der Waals surface area contributed by atoms with Gasteiger partial charge in [0.2, 0.25) is 0 Å². The Bertz CT molecular complexity index is 590. The minimum atomic E-state index is -1.15. The zero-order valence-corrected chi connectivity index (χ0v) is 10.9. The molecule has 2 aromatic rings. The van der Waals surface area contributed by atoms with E-state index in [4.69, 9.17) is 14.9 Å².